The zero-order valence-electron chi connectivity index (χ0n) is 8.45. The first kappa shape index (κ1) is 11.4. The van der Waals surface area contributed by atoms with Gasteiger partial charge in [-0.05, 0) is 40.2 Å². The van der Waals surface area contributed by atoms with E-state index in [0.29, 0.717) is 15.5 Å². The summed E-state index contributed by atoms with van der Waals surface area (Å²) in [6.07, 6.45) is 1.63. The first-order chi connectivity index (χ1) is 7.70. The fourth-order valence-corrected chi connectivity index (χ4v) is 1.55. The molecule has 2 rings (SSSR count). The maximum atomic E-state index is 5.90. The van der Waals surface area contributed by atoms with Gasteiger partial charge in [-0.25, -0.2) is 9.97 Å². The van der Waals surface area contributed by atoms with E-state index in [1.54, 1.807) is 13.3 Å². The van der Waals surface area contributed by atoms with E-state index in [1.165, 1.54) is 0 Å². The van der Waals surface area contributed by atoms with Gasteiger partial charge in [-0.3, -0.25) is 0 Å². The minimum Gasteiger partial charge on any atom is -0.497 e. The number of nitrogens with zero attached hydrogens (tertiary/aromatic N) is 2. The van der Waals surface area contributed by atoms with E-state index in [9.17, 15) is 0 Å². The molecule has 16 heavy (non-hydrogen) atoms. The van der Waals surface area contributed by atoms with Gasteiger partial charge in [0.2, 0.25) is 0 Å². The molecular formula is C11H8BrClN2O. The van der Waals surface area contributed by atoms with E-state index in [4.69, 9.17) is 16.3 Å². The molecule has 0 aliphatic carbocycles. The normalized spacial score (nSPS) is 10.2. The van der Waals surface area contributed by atoms with Crippen LogP contribution < -0.4 is 4.74 Å². The molecule has 0 saturated carbocycles. The maximum absolute atomic E-state index is 5.90. The second-order valence-corrected chi connectivity index (χ2v) is 4.27. The van der Waals surface area contributed by atoms with Crippen LogP contribution in [0.2, 0.25) is 5.15 Å². The highest BCUT2D eigenvalue weighted by molar-refractivity contribution is 9.10. The van der Waals surface area contributed by atoms with Crippen molar-refractivity contribution in [3.63, 3.8) is 0 Å². The highest BCUT2D eigenvalue weighted by Crippen LogP contribution is 2.24. The van der Waals surface area contributed by atoms with Crippen molar-refractivity contribution < 1.29 is 4.74 Å². The number of rotatable bonds is 2. The lowest BCUT2D eigenvalue weighted by Crippen LogP contribution is -1.90. The Morgan fingerprint density at radius 3 is 2.50 bits per heavy atom. The van der Waals surface area contributed by atoms with E-state index in [2.05, 4.69) is 25.9 Å². The summed E-state index contributed by atoms with van der Waals surface area (Å²) < 4.78 is 5.76. The fourth-order valence-electron chi connectivity index (χ4n) is 1.23. The average molecular weight is 300 g/mol. The SMILES string of the molecule is COc1ccc(-c2ncc(Br)c(Cl)n2)cc1. The Labute approximate surface area is 107 Å². The van der Waals surface area contributed by atoms with Gasteiger partial charge in [-0.2, -0.15) is 0 Å². The van der Waals surface area contributed by atoms with Crippen LogP contribution in [-0.2, 0) is 0 Å². The van der Waals surface area contributed by atoms with Crippen LogP contribution in [0.5, 0.6) is 5.75 Å². The lowest BCUT2D eigenvalue weighted by atomic mass is 10.2. The molecule has 0 aliphatic heterocycles. The summed E-state index contributed by atoms with van der Waals surface area (Å²) in [5.74, 6) is 1.39. The maximum Gasteiger partial charge on any atom is 0.160 e. The summed E-state index contributed by atoms with van der Waals surface area (Å²) in [4.78, 5) is 8.35. The fraction of sp³-hybridized carbons (Fsp3) is 0.0909. The molecule has 1 heterocycles. The number of halogens is 2. The lowest BCUT2D eigenvalue weighted by molar-refractivity contribution is 0.415. The standard InChI is InChI=1S/C11H8BrClN2O/c1-16-8-4-2-7(3-5-8)11-14-6-9(12)10(13)15-11/h2-6H,1H3. The van der Waals surface area contributed by atoms with Gasteiger partial charge in [0.05, 0.1) is 11.6 Å². The van der Waals surface area contributed by atoms with Crippen LogP contribution in [-0.4, -0.2) is 17.1 Å². The first-order valence-corrected chi connectivity index (χ1v) is 5.70. The van der Waals surface area contributed by atoms with Crippen LogP contribution in [0.1, 0.15) is 0 Å². The van der Waals surface area contributed by atoms with Crippen molar-refractivity contribution in [2.24, 2.45) is 0 Å². The summed E-state index contributed by atoms with van der Waals surface area (Å²) in [6.45, 7) is 0. The van der Waals surface area contributed by atoms with E-state index in [1.807, 2.05) is 24.3 Å². The van der Waals surface area contributed by atoms with Crippen LogP contribution in [0.25, 0.3) is 11.4 Å². The van der Waals surface area contributed by atoms with Crippen molar-refractivity contribution in [3.8, 4) is 17.1 Å². The number of aromatic nitrogens is 2. The van der Waals surface area contributed by atoms with E-state index in [0.717, 1.165) is 11.3 Å². The molecule has 3 nitrogen and oxygen atoms in total. The van der Waals surface area contributed by atoms with Crippen LogP contribution in [0.15, 0.2) is 34.9 Å². The second-order valence-electron chi connectivity index (χ2n) is 3.06. The number of benzene rings is 1. The average Bonchev–Trinajstić information content (AvgIpc) is 2.33. The molecule has 1 aromatic carbocycles. The van der Waals surface area contributed by atoms with Crippen LogP contribution in [0.3, 0.4) is 0 Å². The molecule has 0 amide bonds. The van der Waals surface area contributed by atoms with Crippen LogP contribution >= 0.6 is 27.5 Å². The number of hydrogen-bond acceptors (Lipinski definition) is 3. The molecule has 0 fully saturated rings. The Balaban J connectivity index is 2.38. The van der Waals surface area contributed by atoms with Crippen LogP contribution in [0, 0.1) is 0 Å². The summed E-state index contributed by atoms with van der Waals surface area (Å²) >= 11 is 9.15. The van der Waals surface area contributed by atoms with E-state index in [-0.39, 0.29) is 0 Å². The van der Waals surface area contributed by atoms with Crippen molar-refractivity contribution >= 4 is 27.5 Å². The molecule has 0 saturated heterocycles. The number of hydrogen-bond donors (Lipinski definition) is 0. The van der Waals surface area contributed by atoms with E-state index >= 15 is 0 Å². The van der Waals surface area contributed by atoms with Crippen molar-refractivity contribution in [1.29, 1.82) is 0 Å². The Bertz CT molecular complexity index is 502. The Morgan fingerprint density at radius 1 is 1.25 bits per heavy atom. The molecule has 0 bridgehead atoms. The molecule has 82 valence electrons. The third kappa shape index (κ3) is 2.33. The second kappa shape index (κ2) is 4.80. The zero-order chi connectivity index (χ0) is 11.5. The highest BCUT2D eigenvalue weighted by Gasteiger charge is 2.05. The van der Waals surface area contributed by atoms with Gasteiger partial charge >= 0.3 is 0 Å². The van der Waals surface area contributed by atoms with E-state index < -0.39 is 0 Å². The molecule has 5 heteroatoms. The van der Waals surface area contributed by atoms with Crippen molar-refractivity contribution in [2.45, 2.75) is 0 Å². The van der Waals surface area contributed by atoms with Crippen molar-refractivity contribution in [1.82, 2.24) is 9.97 Å². The highest BCUT2D eigenvalue weighted by atomic mass is 79.9. The molecule has 0 spiro atoms. The van der Waals surface area contributed by atoms with Gasteiger partial charge in [0.25, 0.3) is 0 Å². The number of ether oxygens (including phenoxy) is 1. The van der Waals surface area contributed by atoms with Gasteiger partial charge in [0.15, 0.2) is 5.82 Å². The van der Waals surface area contributed by atoms with Gasteiger partial charge < -0.3 is 4.74 Å². The third-order valence-electron chi connectivity index (χ3n) is 2.05. The Hall–Kier alpha value is -1.13. The predicted octanol–water partition coefficient (Wildman–Crippen LogP) is 3.57. The summed E-state index contributed by atoms with van der Waals surface area (Å²) in [5, 5.41) is 0.404. The minimum atomic E-state index is 0.404. The van der Waals surface area contributed by atoms with Gasteiger partial charge in [-0.15, -0.1) is 0 Å². The van der Waals surface area contributed by atoms with Gasteiger partial charge in [0.1, 0.15) is 10.9 Å². The van der Waals surface area contributed by atoms with Crippen LogP contribution in [0.4, 0.5) is 0 Å². The molecular weight excluding hydrogens is 291 g/mol. The molecule has 0 aliphatic rings. The molecule has 1 aromatic heterocycles. The van der Waals surface area contributed by atoms with Gasteiger partial charge in [-0.1, -0.05) is 11.6 Å². The molecule has 0 unspecified atom stereocenters. The minimum absolute atomic E-state index is 0.404. The zero-order valence-corrected chi connectivity index (χ0v) is 10.8. The summed E-state index contributed by atoms with van der Waals surface area (Å²) in [6, 6.07) is 7.49. The third-order valence-corrected chi connectivity index (χ3v) is 3.15. The summed E-state index contributed by atoms with van der Waals surface area (Å²) in [7, 11) is 1.63. The monoisotopic (exact) mass is 298 g/mol. The quantitative estimate of drug-likeness (QED) is 0.795. The Morgan fingerprint density at radius 2 is 1.94 bits per heavy atom. The smallest absolute Gasteiger partial charge is 0.160 e. The molecule has 0 atom stereocenters. The summed E-state index contributed by atoms with van der Waals surface area (Å²) in [5.41, 5.74) is 0.898. The first-order valence-electron chi connectivity index (χ1n) is 4.53. The number of methoxy groups -OCH3 is 1. The predicted molar refractivity (Wildman–Crippen MR) is 66.7 cm³/mol. The Kier molecular flexibility index (Phi) is 3.41. The molecule has 2 aromatic rings. The van der Waals surface area contributed by atoms with Crippen molar-refractivity contribution in [3.05, 3.63) is 40.1 Å². The molecule has 0 radical (unpaired) electrons. The van der Waals surface area contributed by atoms with Gasteiger partial charge in [0, 0.05) is 11.8 Å². The van der Waals surface area contributed by atoms with Crippen molar-refractivity contribution in [2.75, 3.05) is 7.11 Å². The topological polar surface area (TPSA) is 35.0 Å². The largest absolute Gasteiger partial charge is 0.497 e. The molecule has 0 N–H and O–H groups in total. The lowest BCUT2D eigenvalue weighted by Gasteiger charge is -2.03.